The van der Waals surface area contributed by atoms with Gasteiger partial charge in [0.05, 0.1) is 22.6 Å². The summed E-state index contributed by atoms with van der Waals surface area (Å²) in [5, 5.41) is 22.5. The number of benzene rings is 1. The lowest BCUT2D eigenvalue weighted by Crippen LogP contribution is -2.23. The SMILES string of the molecule is CC(=O)OCC(C)Nc1ccc(C#N)cc1[N+](=O)[O-]. The molecule has 0 aromatic heterocycles. The van der Waals surface area contributed by atoms with Crippen molar-refractivity contribution in [3.8, 4) is 6.07 Å². The average molecular weight is 263 g/mol. The maximum atomic E-state index is 10.9. The second-order valence-electron chi connectivity index (χ2n) is 3.95. The summed E-state index contributed by atoms with van der Waals surface area (Å²) in [6.07, 6.45) is 0. The summed E-state index contributed by atoms with van der Waals surface area (Å²) in [7, 11) is 0. The highest BCUT2D eigenvalue weighted by molar-refractivity contribution is 5.66. The Morgan fingerprint density at radius 2 is 2.32 bits per heavy atom. The third kappa shape index (κ3) is 4.27. The fourth-order valence-electron chi connectivity index (χ4n) is 1.42. The van der Waals surface area contributed by atoms with Gasteiger partial charge in [-0.2, -0.15) is 5.26 Å². The number of nitriles is 1. The van der Waals surface area contributed by atoms with Crippen molar-refractivity contribution in [1.82, 2.24) is 0 Å². The summed E-state index contributed by atoms with van der Waals surface area (Å²) < 4.78 is 4.80. The van der Waals surface area contributed by atoms with Gasteiger partial charge in [-0.3, -0.25) is 14.9 Å². The molecule has 0 radical (unpaired) electrons. The first kappa shape index (κ1) is 14.4. The van der Waals surface area contributed by atoms with Gasteiger partial charge in [0.2, 0.25) is 0 Å². The highest BCUT2D eigenvalue weighted by Gasteiger charge is 2.16. The maximum Gasteiger partial charge on any atom is 0.302 e. The van der Waals surface area contributed by atoms with Crippen molar-refractivity contribution >= 4 is 17.3 Å². The first-order chi connectivity index (χ1) is 8.93. The zero-order chi connectivity index (χ0) is 14.4. The van der Waals surface area contributed by atoms with E-state index in [9.17, 15) is 14.9 Å². The summed E-state index contributed by atoms with van der Waals surface area (Å²) in [4.78, 5) is 21.0. The van der Waals surface area contributed by atoms with E-state index in [-0.39, 0.29) is 29.6 Å². The molecule has 0 aliphatic heterocycles. The van der Waals surface area contributed by atoms with E-state index in [1.54, 1.807) is 6.92 Å². The van der Waals surface area contributed by atoms with Crippen LogP contribution in [0.2, 0.25) is 0 Å². The topological polar surface area (TPSA) is 105 Å². The Balaban J connectivity index is 2.86. The number of carbonyl (C=O) groups excluding carboxylic acids is 1. The van der Waals surface area contributed by atoms with Gasteiger partial charge in [-0.05, 0) is 19.1 Å². The van der Waals surface area contributed by atoms with Gasteiger partial charge < -0.3 is 10.1 Å². The maximum absolute atomic E-state index is 10.9. The Hall–Kier alpha value is -2.62. The van der Waals surface area contributed by atoms with Gasteiger partial charge in [-0.25, -0.2) is 0 Å². The third-order valence-electron chi connectivity index (χ3n) is 2.26. The van der Waals surface area contributed by atoms with Crippen molar-refractivity contribution in [2.75, 3.05) is 11.9 Å². The van der Waals surface area contributed by atoms with E-state index in [0.717, 1.165) is 0 Å². The van der Waals surface area contributed by atoms with E-state index in [1.807, 2.05) is 6.07 Å². The van der Waals surface area contributed by atoms with E-state index in [0.29, 0.717) is 0 Å². The molecule has 0 aliphatic carbocycles. The number of rotatable bonds is 5. The molecule has 0 spiro atoms. The van der Waals surface area contributed by atoms with Crippen LogP contribution in [-0.4, -0.2) is 23.5 Å². The van der Waals surface area contributed by atoms with Crippen LogP contribution in [0.4, 0.5) is 11.4 Å². The quantitative estimate of drug-likeness (QED) is 0.493. The highest BCUT2D eigenvalue weighted by atomic mass is 16.6. The molecule has 100 valence electrons. The molecule has 1 N–H and O–H groups in total. The van der Waals surface area contributed by atoms with Crippen LogP contribution in [0.15, 0.2) is 18.2 Å². The fourth-order valence-corrected chi connectivity index (χ4v) is 1.42. The molecule has 0 bridgehead atoms. The van der Waals surface area contributed by atoms with Crippen LogP contribution in [0.25, 0.3) is 0 Å². The van der Waals surface area contributed by atoms with Crippen molar-refractivity contribution in [2.45, 2.75) is 19.9 Å². The Morgan fingerprint density at radius 1 is 1.63 bits per heavy atom. The van der Waals surface area contributed by atoms with E-state index in [1.165, 1.54) is 25.1 Å². The Labute approximate surface area is 109 Å². The molecule has 0 aliphatic rings. The number of esters is 1. The van der Waals surface area contributed by atoms with Crippen LogP contribution in [0.3, 0.4) is 0 Å². The minimum atomic E-state index is -0.568. The first-order valence-corrected chi connectivity index (χ1v) is 5.52. The second kappa shape index (κ2) is 6.35. The third-order valence-corrected chi connectivity index (χ3v) is 2.26. The van der Waals surface area contributed by atoms with E-state index < -0.39 is 10.9 Å². The number of nitro groups is 1. The van der Waals surface area contributed by atoms with Crippen LogP contribution in [-0.2, 0) is 9.53 Å². The van der Waals surface area contributed by atoms with Crippen molar-refractivity contribution in [1.29, 1.82) is 5.26 Å². The number of nitrogens with one attached hydrogen (secondary N) is 1. The molecule has 0 fully saturated rings. The molecular formula is C12H13N3O4. The Morgan fingerprint density at radius 3 is 2.84 bits per heavy atom. The molecule has 19 heavy (non-hydrogen) atoms. The smallest absolute Gasteiger partial charge is 0.302 e. The van der Waals surface area contributed by atoms with Crippen LogP contribution in [0.5, 0.6) is 0 Å². The van der Waals surface area contributed by atoms with Crippen LogP contribution in [0.1, 0.15) is 19.4 Å². The van der Waals surface area contributed by atoms with Gasteiger partial charge in [0.1, 0.15) is 12.3 Å². The number of nitrogens with zero attached hydrogens (tertiary/aromatic N) is 2. The normalized spacial score (nSPS) is 11.2. The van der Waals surface area contributed by atoms with Crippen LogP contribution in [0, 0.1) is 21.4 Å². The lowest BCUT2D eigenvalue weighted by molar-refractivity contribution is -0.384. The van der Waals surface area contributed by atoms with Crippen molar-refractivity contribution < 1.29 is 14.5 Å². The Bertz CT molecular complexity index is 536. The molecule has 0 amide bonds. The lowest BCUT2D eigenvalue weighted by atomic mass is 10.1. The number of hydrogen-bond donors (Lipinski definition) is 1. The molecule has 1 aromatic rings. The summed E-state index contributed by atoms with van der Waals surface area (Å²) in [6.45, 7) is 3.12. The van der Waals surface area contributed by atoms with Crippen LogP contribution >= 0.6 is 0 Å². The molecule has 1 unspecified atom stereocenters. The molecule has 1 atom stereocenters. The molecule has 0 heterocycles. The Kier molecular flexibility index (Phi) is 4.83. The summed E-state index contributed by atoms with van der Waals surface area (Å²) >= 11 is 0. The van der Waals surface area contributed by atoms with Gasteiger partial charge >= 0.3 is 5.97 Å². The zero-order valence-corrected chi connectivity index (χ0v) is 10.5. The molecule has 1 aromatic carbocycles. The van der Waals surface area contributed by atoms with E-state index in [2.05, 4.69) is 5.32 Å². The van der Waals surface area contributed by atoms with E-state index >= 15 is 0 Å². The van der Waals surface area contributed by atoms with Gasteiger partial charge in [0.25, 0.3) is 5.69 Å². The number of nitro benzene ring substituents is 1. The molecule has 7 nitrogen and oxygen atoms in total. The number of carbonyl (C=O) groups is 1. The van der Waals surface area contributed by atoms with Gasteiger partial charge in [0.15, 0.2) is 0 Å². The van der Waals surface area contributed by atoms with Gasteiger partial charge in [0, 0.05) is 13.0 Å². The summed E-state index contributed by atoms with van der Waals surface area (Å²) in [5.74, 6) is -0.414. The minimum Gasteiger partial charge on any atom is -0.464 e. The molecule has 0 saturated heterocycles. The average Bonchev–Trinajstić information content (AvgIpc) is 2.36. The zero-order valence-electron chi connectivity index (χ0n) is 10.5. The minimum absolute atomic E-state index is 0.104. The van der Waals surface area contributed by atoms with E-state index in [4.69, 9.17) is 10.00 Å². The van der Waals surface area contributed by atoms with Crippen molar-refractivity contribution in [3.05, 3.63) is 33.9 Å². The van der Waals surface area contributed by atoms with Crippen molar-refractivity contribution in [3.63, 3.8) is 0 Å². The number of ether oxygens (including phenoxy) is 1. The molecule has 1 rings (SSSR count). The molecular weight excluding hydrogens is 250 g/mol. The summed E-state index contributed by atoms with van der Waals surface area (Å²) in [5.41, 5.74) is 0.308. The lowest BCUT2D eigenvalue weighted by Gasteiger charge is -2.14. The first-order valence-electron chi connectivity index (χ1n) is 5.52. The summed E-state index contributed by atoms with van der Waals surface area (Å²) in [6, 6.07) is 5.69. The predicted molar refractivity (Wildman–Crippen MR) is 67.5 cm³/mol. The molecule has 0 saturated carbocycles. The standard InChI is InChI=1S/C12H13N3O4/c1-8(7-19-9(2)16)14-11-4-3-10(6-13)5-12(11)15(17)18/h3-5,8,14H,7H2,1-2H3. The van der Waals surface area contributed by atoms with Crippen LogP contribution < -0.4 is 5.32 Å². The number of anilines is 1. The monoisotopic (exact) mass is 263 g/mol. The highest BCUT2D eigenvalue weighted by Crippen LogP contribution is 2.25. The molecule has 7 heteroatoms. The number of hydrogen-bond acceptors (Lipinski definition) is 6. The largest absolute Gasteiger partial charge is 0.464 e. The van der Waals surface area contributed by atoms with Crippen molar-refractivity contribution in [2.24, 2.45) is 0 Å². The second-order valence-corrected chi connectivity index (χ2v) is 3.95. The fraction of sp³-hybridized carbons (Fsp3) is 0.333. The predicted octanol–water partition coefficient (Wildman–Crippen LogP) is 1.83. The van der Waals surface area contributed by atoms with Gasteiger partial charge in [-0.1, -0.05) is 0 Å². The van der Waals surface area contributed by atoms with Gasteiger partial charge in [-0.15, -0.1) is 0 Å².